The first-order valence-corrected chi connectivity index (χ1v) is 7.45. The summed E-state index contributed by atoms with van der Waals surface area (Å²) in [5, 5.41) is 8.84. The number of aliphatic carboxylic acids is 1. The van der Waals surface area contributed by atoms with Crippen molar-refractivity contribution in [1.82, 2.24) is 4.31 Å². The van der Waals surface area contributed by atoms with Gasteiger partial charge in [0.1, 0.15) is 10.9 Å². The number of benzene rings is 1. The Balaban J connectivity index is 3.44. The Morgan fingerprint density at radius 2 is 1.89 bits per heavy atom. The monoisotopic (exact) mass is 325 g/mol. The molecular weight excluding hydrogens is 313 g/mol. The smallest absolute Gasteiger partial charge is 0.321 e. The van der Waals surface area contributed by atoms with Crippen molar-refractivity contribution in [3.63, 3.8) is 0 Å². The predicted octanol–water partition coefficient (Wildman–Crippen LogP) is 2.40. The van der Waals surface area contributed by atoms with E-state index in [1.807, 2.05) is 0 Å². The first-order chi connectivity index (χ1) is 8.60. The molecule has 1 aromatic carbocycles. The maximum absolute atomic E-state index is 12.4. The maximum Gasteiger partial charge on any atom is 0.321 e. The first-order valence-electron chi connectivity index (χ1n) is 5.26. The van der Waals surface area contributed by atoms with E-state index in [2.05, 4.69) is 0 Å². The lowest BCUT2D eigenvalue weighted by molar-refractivity contribution is -0.140. The Kier molecular flexibility index (Phi) is 4.84. The number of carboxylic acid groups (broad SMARTS) is 1. The Morgan fingerprint density at radius 3 is 2.37 bits per heavy atom. The number of rotatable bonds is 4. The molecule has 0 aliphatic carbocycles. The maximum atomic E-state index is 12.4. The minimum absolute atomic E-state index is 0.00283. The highest BCUT2D eigenvalue weighted by atomic mass is 35.5. The Bertz CT molecular complexity index is 615. The van der Waals surface area contributed by atoms with Gasteiger partial charge in [-0.3, -0.25) is 4.79 Å². The topological polar surface area (TPSA) is 74.7 Å². The molecule has 1 unspecified atom stereocenters. The minimum Gasteiger partial charge on any atom is -0.480 e. The van der Waals surface area contributed by atoms with Crippen LogP contribution in [0.4, 0.5) is 0 Å². The number of halogens is 2. The van der Waals surface area contributed by atoms with Crippen LogP contribution in [0.2, 0.25) is 10.0 Å². The quantitative estimate of drug-likeness (QED) is 0.922. The van der Waals surface area contributed by atoms with Crippen LogP contribution in [0, 0.1) is 6.92 Å². The summed E-state index contributed by atoms with van der Waals surface area (Å²) in [6.07, 6.45) is 0. The molecule has 0 radical (unpaired) electrons. The van der Waals surface area contributed by atoms with Crippen LogP contribution in [0.5, 0.6) is 0 Å². The fourth-order valence-electron chi connectivity index (χ4n) is 1.38. The summed E-state index contributed by atoms with van der Waals surface area (Å²) in [7, 11) is -2.91. The molecule has 0 saturated carbocycles. The normalized spacial score (nSPS) is 13.6. The number of nitrogens with zero attached hydrogens (tertiary/aromatic N) is 1. The fraction of sp³-hybridized carbons (Fsp3) is 0.364. The highest BCUT2D eigenvalue weighted by Crippen LogP contribution is 2.34. The molecule has 0 bridgehead atoms. The van der Waals surface area contributed by atoms with E-state index in [-0.39, 0.29) is 14.9 Å². The molecule has 0 aromatic heterocycles. The molecule has 0 heterocycles. The molecule has 1 aromatic rings. The lowest BCUT2D eigenvalue weighted by atomic mass is 10.2. The lowest BCUT2D eigenvalue weighted by Crippen LogP contribution is -2.40. The number of hydrogen-bond acceptors (Lipinski definition) is 3. The lowest BCUT2D eigenvalue weighted by Gasteiger charge is -2.22. The van der Waals surface area contributed by atoms with E-state index in [9.17, 15) is 13.2 Å². The van der Waals surface area contributed by atoms with Crippen LogP contribution < -0.4 is 0 Å². The van der Waals surface area contributed by atoms with Gasteiger partial charge in [-0.25, -0.2) is 8.42 Å². The summed E-state index contributed by atoms with van der Waals surface area (Å²) in [6.45, 7) is 2.90. The van der Waals surface area contributed by atoms with E-state index in [1.165, 1.54) is 20.0 Å². The van der Waals surface area contributed by atoms with Gasteiger partial charge in [-0.15, -0.1) is 0 Å². The van der Waals surface area contributed by atoms with E-state index in [0.29, 0.717) is 5.56 Å². The molecule has 1 rings (SSSR count). The van der Waals surface area contributed by atoms with Crippen LogP contribution in [-0.4, -0.2) is 36.9 Å². The van der Waals surface area contributed by atoms with Gasteiger partial charge in [-0.1, -0.05) is 29.3 Å². The van der Waals surface area contributed by atoms with Crippen LogP contribution in [0.25, 0.3) is 0 Å². The second-order valence-corrected chi connectivity index (χ2v) is 6.76. The Hall–Kier alpha value is -0.820. The van der Waals surface area contributed by atoms with Gasteiger partial charge >= 0.3 is 5.97 Å². The van der Waals surface area contributed by atoms with E-state index in [0.717, 1.165) is 4.31 Å². The summed E-state index contributed by atoms with van der Waals surface area (Å²) in [5.41, 5.74) is 0.543. The summed E-state index contributed by atoms with van der Waals surface area (Å²) < 4.78 is 25.5. The predicted molar refractivity (Wildman–Crippen MR) is 73.2 cm³/mol. The number of carboxylic acids is 1. The minimum atomic E-state index is -4.08. The average Bonchev–Trinajstić information content (AvgIpc) is 2.32. The Morgan fingerprint density at radius 1 is 1.37 bits per heavy atom. The van der Waals surface area contributed by atoms with Crippen LogP contribution in [0.15, 0.2) is 17.0 Å². The van der Waals surface area contributed by atoms with Gasteiger partial charge < -0.3 is 5.11 Å². The molecule has 0 amide bonds. The molecule has 1 atom stereocenters. The number of likely N-dealkylation sites (N-methyl/N-ethyl adjacent to an activating group) is 1. The largest absolute Gasteiger partial charge is 0.480 e. The summed E-state index contributed by atoms with van der Waals surface area (Å²) >= 11 is 11.9. The molecule has 0 aliphatic heterocycles. The van der Waals surface area contributed by atoms with Crippen LogP contribution in [0.1, 0.15) is 12.5 Å². The molecule has 1 N–H and O–H groups in total. The summed E-state index contributed by atoms with van der Waals surface area (Å²) in [4.78, 5) is 10.6. The second kappa shape index (κ2) is 5.66. The molecule has 0 spiro atoms. The van der Waals surface area contributed by atoms with Crippen molar-refractivity contribution in [2.45, 2.75) is 24.8 Å². The van der Waals surface area contributed by atoms with Crippen molar-refractivity contribution in [2.75, 3.05) is 7.05 Å². The van der Waals surface area contributed by atoms with E-state index in [4.69, 9.17) is 28.3 Å². The van der Waals surface area contributed by atoms with Crippen molar-refractivity contribution in [1.29, 1.82) is 0 Å². The average molecular weight is 326 g/mol. The highest BCUT2D eigenvalue weighted by Gasteiger charge is 2.33. The third-order valence-corrected chi connectivity index (χ3v) is 5.82. The second-order valence-electron chi connectivity index (χ2n) is 4.04. The molecule has 19 heavy (non-hydrogen) atoms. The zero-order valence-corrected chi connectivity index (χ0v) is 12.8. The van der Waals surface area contributed by atoms with Crippen LogP contribution in [0.3, 0.4) is 0 Å². The zero-order chi connectivity index (χ0) is 15.0. The van der Waals surface area contributed by atoms with E-state index in [1.54, 1.807) is 13.0 Å². The van der Waals surface area contributed by atoms with Gasteiger partial charge in [-0.05, 0) is 25.5 Å². The summed E-state index contributed by atoms with van der Waals surface area (Å²) in [5.74, 6) is -1.26. The molecule has 0 fully saturated rings. The van der Waals surface area contributed by atoms with Gasteiger partial charge in [0.05, 0.1) is 10.0 Å². The van der Waals surface area contributed by atoms with Crippen molar-refractivity contribution >= 4 is 39.2 Å². The molecule has 106 valence electrons. The fourth-order valence-corrected chi connectivity index (χ4v) is 3.83. The van der Waals surface area contributed by atoms with E-state index >= 15 is 0 Å². The van der Waals surface area contributed by atoms with Crippen LogP contribution in [-0.2, 0) is 14.8 Å². The SMILES string of the molecule is Cc1ccc(Cl)c(S(=O)(=O)N(C)C(C)C(=O)O)c1Cl. The van der Waals surface area contributed by atoms with Gasteiger partial charge in [0.25, 0.3) is 0 Å². The van der Waals surface area contributed by atoms with Crippen molar-refractivity contribution < 1.29 is 18.3 Å². The number of sulfonamides is 1. The van der Waals surface area contributed by atoms with Gasteiger partial charge in [0.15, 0.2) is 0 Å². The number of hydrogen-bond donors (Lipinski definition) is 1. The van der Waals surface area contributed by atoms with Crippen LogP contribution >= 0.6 is 23.2 Å². The highest BCUT2D eigenvalue weighted by molar-refractivity contribution is 7.89. The van der Waals surface area contributed by atoms with Crippen molar-refractivity contribution in [3.8, 4) is 0 Å². The molecule has 0 aliphatic rings. The van der Waals surface area contributed by atoms with Crippen molar-refractivity contribution in [3.05, 3.63) is 27.7 Å². The number of aryl methyl sites for hydroxylation is 1. The van der Waals surface area contributed by atoms with Gasteiger partial charge in [-0.2, -0.15) is 4.31 Å². The third-order valence-electron chi connectivity index (χ3n) is 2.78. The first kappa shape index (κ1) is 16.2. The molecule has 8 heteroatoms. The summed E-state index contributed by atoms with van der Waals surface area (Å²) in [6, 6.07) is 1.77. The molecule has 5 nitrogen and oxygen atoms in total. The Labute approximate surface area is 121 Å². The number of carbonyl (C=O) groups is 1. The zero-order valence-electron chi connectivity index (χ0n) is 10.5. The van der Waals surface area contributed by atoms with Gasteiger partial charge in [0.2, 0.25) is 10.0 Å². The molecular formula is C11H13Cl2NO4S. The van der Waals surface area contributed by atoms with Crippen molar-refractivity contribution in [2.24, 2.45) is 0 Å². The standard InChI is InChI=1S/C11H13Cl2NO4S/c1-6-4-5-8(12)10(9(6)13)19(17,18)14(3)7(2)11(15)16/h4-5,7H,1-3H3,(H,15,16). The van der Waals surface area contributed by atoms with E-state index < -0.39 is 22.0 Å². The molecule has 0 saturated heterocycles. The van der Waals surface area contributed by atoms with Gasteiger partial charge in [0, 0.05) is 7.05 Å². The third kappa shape index (κ3) is 3.02.